The zero-order valence-electron chi connectivity index (χ0n) is 12.7. The highest BCUT2D eigenvalue weighted by molar-refractivity contribution is 8.00. The van der Waals surface area contributed by atoms with Crippen molar-refractivity contribution >= 4 is 11.8 Å². The maximum Gasteiger partial charge on any atom is 0.0476 e. The molecular formula is C18H27NOS. The van der Waals surface area contributed by atoms with Crippen molar-refractivity contribution < 1.29 is 4.74 Å². The van der Waals surface area contributed by atoms with E-state index in [2.05, 4.69) is 42.1 Å². The van der Waals surface area contributed by atoms with Crippen molar-refractivity contribution in [2.45, 2.75) is 48.5 Å². The molecule has 116 valence electrons. The number of benzene rings is 1. The van der Waals surface area contributed by atoms with Crippen molar-refractivity contribution in [3.05, 3.63) is 35.9 Å². The lowest BCUT2D eigenvalue weighted by Crippen LogP contribution is -2.34. The number of rotatable bonds is 4. The van der Waals surface area contributed by atoms with E-state index in [-0.39, 0.29) is 0 Å². The van der Waals surface area contributed by atoms with Crippen LogP contribution in [0.15, 0.2) is 30.3 Å². The molecule has 1 aliphatic heterocycles. The smallest absolute Gasteiger partial charge is 0.0476 e. The number of nitrogens with two attached hydrogens (primary N) is 1. The summed E-state index contributed by atoms with van der Waals surface area (Å²) in [4.78, 5) is 0. The molecule has 0 radical (unpaired) electrons. The van der Waals surface area contributed by atoms with E-state index in [0.717, 1.165) is 36.2 Å². The van der Waals surface area contributed by atoms with Gasteiger partial charge in [-0.2, -0.15) is 11.8 Å². The van der Waals surface area contributed by atoms with Crippen LogP contribution in [-0.2, 0) is 4.74 Å². The van der Waals surface area contributed by atoms with Crippen LogP contribution in [0.4, 0.5) is 0 Å². The molecule has 2 N–H and O–H groups in total. The first-order chi connectivity index (χ1) is 10.4. The molecule has 1 saturated heterocycles. The first-order valence-corrected chi connectivity index (χ1v) is 9.29. The SMILES string of the molecule is NCC1CCC(c2ccccc2)CC1SC1CCOCC1. The average molecular weight is 305 g/mol. The largest absolute Gasteiger partial charge is 0.381 e. The number of hydrogen-bond donors (Lipinski definition) is 1. The van der Waals surface area contributed by atoms with Crippen LogP contribution in [0, 0.1) is 5.92 Å². The minimum absolute atomic E-state index is 0.706. The molecule has 0 spiro atoms. The van der Waals surface area contributed by atoms with Gasteiger partial charge in [0, 0.05) is 23.7 Å². The van der Waals surface area contributed by atoms with E-state index in [1.165, 1.54) is 37.7 Å². The zero-order valence-corrected chi connectivity index (χ0v) is 13.6. The predicted molar refractivity (Wildman–Crippen MR) is 90.8 cm³/mol. The first kappa shape index (κ1) is 15.4. The van der Waals surface area contributed by atoms with E-state index < -0.39 is 0 Å². The van der Waals surface area contributed by atoms with Gasteiger partial charge >= 0.3 is 0 Å². The van der Waals surface area contributed by atoms with Crippen molar-refractivity contribution in [1.29, 1.82) is 0 Å². The van der Waals surface area contributed by atoms with Crippen molar-refractivity contribution in [2.24, 2.45) is 11.7 Å². The Kier molecular flexibility index (Phi) is 5.61. The highest BCUT2D eigenvalue weighted by Crippen LogP contribution is 2.43. The summed E-state index contributed by atoms with van der Waals surface area (Å²) in [6.07, 6.45) is 6.32. The Bertz CT molecular complexity index is 418. The summed E-state index contributed by atoms with van der Waals surface area (Å²) >= 11 is 2.21. The maximum atomic E-state index is 6.04. The van der Waals surface area contributed by atoms with E-state index in [1.807, 2.05) is 0 Å². The summed E-state index contributed by atoms with van der Waals surface area (Å²) in [5, 5.41) is 1.52. The molecule has 21 heavy (non-hydrogen) atoms. The van der Waals surface area contributed by atoms with Crippen molar-refractivity contribution in [2.75, 3.05) is 19.8 Å². The molecule has 1 aromatic rings. The van der Waals surface area contributed by atoms with Gasteiger partial charge in [0.1, 0.15) is 0 Å². The molecule has 0 bridgehead atoms. The van der Waals surface area contributed by atoms with Gasteiger partial charge < -0.3 is 10.5 Å². The molecule has 1 saturated carbocycles. The van der Waals surface area contributed by atoms with Crippen LogP contribution >= 0.6 is 11.8 Å². The predicted octanol–water partition coefficient (Wildman–Crippen LogP) is 3.81. The Hall–Kier alpha value is -0.510. The Morgan fingerprint density at radius 1 is 1.05 bits per heavy atom. The summed E-state index contributed by atoms with van der Waals surface area (Å²) in [6.45, 7) is 2.74. The van der Waals surface area contributed by atoms with Gasteiger partial charge in [-0.05, 0) is 56.0 Å². The fraction of sp³-hybridized carbons (Fsp3) is 0.667. The van der Waals surface area contributed by atoms with E-state index in [9.17, 15) is 0 Å². The minimum atomic E-state index is 0.706. The summed E-state index contributed by atoms with van der Waals surface area (Å²) in [5.41, 5.74) is 7.56. The Morgan fingerprint density at radius 2 is 1.81 bits per heavy atom. The molecule has 1 heterocycles. The van der Waals surface area contributed by atoms with Crippen molar-refractivity contribution in [3.63, 3.8) is 0 Å². The standard InChI is InChI=1S/C18H27NOS/c19-13-16-7-6-15(14-4-2-1-3-5-14)12-18(16)21-17-8-10-20-11-9-17/h1-5,15-18H,6-13,19H2. The Balaban J connectivity index is 1.64. The third-order valence-electron chi connectivity index (χ3n) is 5.04. The molecule has 0 aromatic heterocycles. The van der Waals surface area contributed by atoms with Gasteiger partial charge in [0.15, 0.2) is 0 Å². The van der Waals surface area contributed by atoms with Crippen LogP contribution < -0.4 is 5.73 Å². The first-order valence-electron chi connectivity index (χ1n) is 8.35. The quantitative estimate of drug-likeness (QED) is 0.918. The monoisotopic (exact) mass is 305 g/mol. The van der Waals surface area contributed by atoms with Gasteiger partial charge in [0.25, 0.3) is 0 Å². The van der Waals surface area contributed by atoms with Crippen LogP contribution in [0.1, 0.15) is 43.6 Å². The van der Waals surface area contributed by atoms with Crippen LogP contribution in [0.5, 0.6) is 0 Å². The summed E-state index contributed by atoms with van der Waals surface area (Å²) in [6, 6.07) is 11.0. The van der Waals surface area contributed by atoms with E-state index >= 15 is 0 Å². The summed E-state index contributed by atoms with van der Waals surface area (Å²) < 4.78 is 5.49. The molecule has 0 amide bonds. The third kappa shape index (κ3) is 4.02. The highest BCUT2D eigenvalue weighted by atomic mass is 32.2. The van der Waals surface area contributed by atoms with Crippen molar-refractivity contribution in [3.8, 4) is 0 Å². The highest BCUT2D eigenvalue weighted by Gasteiger charge is 2.32. The van der Waals surface area contributed by atoms with Crippen LogP contribution in [-0.4, -0.2) is 30.3 Å². The number of ether oxygens (including phenoxy) is 1. The van der Waals surface area contributed by atoms with E-state index in [0.29, 0.717) is 5.92 Å². The molecule has 2 nitrogen and oxygen atoms in total. The molecule has 3 atom stereocenters. The maximum absolute atomic E-state index is 6.04. The molecule has 1 aliphatic carbocycles. The van der Waals surface area contributed by atoms with Gasteiger partial charge in [0.2, 0.25) is 0 Å². The molecule has 3 rings (SSSR count). The average Bonchev–Trinajstić information content (AvgIpc) is 2.56. The third-order valence-corrected chi connectivity index (χ3v) is 6.82. The molecule has 1 aromatic carbocycles. The Morgan fingerprint density at radius 3 is 2.52 bits per heavy atom. The topological polar surface area (TPSA) is 35.2 Å². The molecule has 2 fully saturated rings. The summed E-state index contributed by atoms with van der Waals surface area (Å²) in [5.74, 6) is 1.43. The second kappa shape index (κ2) is 7.66. The van der Waals surface area contributed by atoms with E-state index in [4.69, 9.17) is 10.5 Å². The van der Waals surface area contributed by atoms with E-state index in [1.54, 1.807) is 0 Å². The lowest BCUT2D eigenvalue weighted by molar-refractivity contribution is 0.0997. The number of thioether (sulfide) groups is 1. The molecule has 2 aliphatic rings. The normalized spacial score (nSPS) is 31.2. The molecular weight excluding hydrogens is 278 g/mol. The Labute approximate surface area is 132 Å². The minimum Gasteiger partial charge on any atom is -0.381 e. The molecule has 3 heteroatoms. The fourth-order valence-electron chi connectivity index (χ4n) is 3.72. The zero-order chi connectivity index (χ0) is 14.5. The second-order valence-electron chi connectivity index (χ2n) is 6.40. The van der Waals surface area contributed by atoms with Gasteiger partial charge in [-0.15, -0.1) is 0 Å². The summed E-state index contributed by atoms with van der Waals surface area (Å²) in [7, 11) is 0. The van der Waals surface area contributed by atoms with Gasteiger partial charge in [0.05, 0.1) is 0 Å². The van der Waals surface area contributed by atoms with Crippen LogP contribution in [0.25, 0.3) is 0 Å². The lowest BCUT2D eigenvalue weighted by atomic mass is 9.78. The van der Waals surface area contributed by atoms with Crippen molar-refractivity contribution in [1.82, 2.24) is 0 Å². The second-order valence-corrected chi connectivity index (χ2v) is 7.95. The van der Waals surface area contributed by atoms with Gasteiger partial charge in [-0.3, -0.25) is 0 Å². The van der Waals surface area contributed by atoms with Gasteiger partial charge in [-0.25, -0.2) is 0 Å². The number of hydrogen-bond acceptors (Lipinski definition) is 3. The lowest BCUT2D eigenvalue weighted by Gasteiger charge is -2.38. The van der Waals surface area contributed by atoms with Crippen LogP contribution in [0.3, 0.4) is 0 Å². The molecule has 3 unspecified atom stereocenters. The van der Waals surface area contributed by atoms with Crippen LogP contribution in [0.2, 0.25) is 0 Å². The fourth-order valence-corrected chi connectivity index (χ4v) is 5.49. The van der Waals surface area contributed by atoms with Gasteiger partial charge in [-0.1, -0.05) is 30.3 Å².